The molecule has 0 spiro atoms. The van der Waals surface area contributed by atoms with Crippen molar-refractivity contribution in [1.29, 1.82) is 5.26 Å². The molecule has 96 valence electrons. The van der Waals surface area contributed by atoms with Crippen molar-refractivity contribution in [1.82, 2.24) is 4.98 Å². The van der Waals surface area contributed by atoms with Crippen molar-refractivity contribution in [2.45, 2.75) is 19.8 Å². The van der Waals surface area contributed by atoms with Crippen LogP contribution < -0.4 is 5.32 Å². The van der Waals surface area contributed by atoms with E-state index in [0.29, 0.717) is 24.1 Å². The summed E-state index contributed by atoms with van der Waals surface area (Å²) in [5, 5.41) is 14.5. The first-order chi connectivity index (χ1) is 9.17. The van der Waals surface area contributed by atoms with E-state index in [9.17, 15) is 4.79 Å². The largest absolute Gasteiger partial charge is 0.326 e. The Kier molecular flexibility index (Phi) is 4.26. The number of thiazole rings is 1. The van der Waals surface area contributed by atoms with Gasteiger partial charge in [-0.25, -0.2) is 4.98 Å². The van der Waals surface area contributed by atoms with Gasteiger partial charge in [0.15, 0.2) is 0 Å². The zero-order valence-electron chi connectivity index (χ0n) is 10.5. The lowest BCUT2D eigenvalue weighted by molar-refractivity contribution is -0.116. The molecule has 19 heavy (non-hydrogen) atoms. The van der Waals surface area contributed by atoms with E-state index in [4.69, 9.17) is 5.26 Å². The molecule has 0 aliphatic heterocycles. The first-order valence-corrected chi connectivity index (χ1v) is 6.76. The van der Waals surface area contributed by atoms with Crippen molar-refractivity contribution in [3.8, 4) is 6.07 Å². The number of carbonyl (C=O) groups is 1. The van der Waals surface area contributed by atoms with Crippen LogP contribution in [0.2, 0.25) is 0 Å². The second-order valence-electron chi connectivity index (χ2n) is 4.10. The number of nitriles is 1. The molecule has 1 aromatic carbocycles. The lowest BCUT2D eigenvalue weighted by Gasteiger charge is -2.04. The van der Waals surface area contributed by atoms with Crippen molar-refractivity contribution >= 4 is 22.9 Å². The van der Waals surface area contributed by atoms with Gasteiger partial charge < -0.3 is 5.32 Å². The zero-order valence-corrected chi connectivity index (χ0v) is 11.3. The van der Waals surface area contributed by atoms with Crippen molar-refractivity contribution in [2.24, 2.45) is 0 Å². The minimum atomic E-state index is -0.0688. The molecule has 0 saturated heterocycles. The summed E-state index contributed by atoms with van der Waals surface area (Å²) in [5.41, 5.74) is 2.13. The molecule has 0 unspecified atom stereocenters. The average Bonchev–Trinajstić information content (AvgIpc) is 2.82. The molecule has 5 heteroatoms. The Balaban J connectivity index is 1.89. The molecule has 4 nitrogen and oxygen atoms in total. The predicted octanol–water partition coefficient (Wildman–Crippen LogP) is 2.89. The van der Waals surface area contributed by atoms with Crippen molar-refractivity contribution in [3.05, 3.63) is 45.9 Å². The highest BCUT2D eigenvalue weighted by Gasteiger charge is 2.05. The Bertz CT molecular complexity index is 628. The maximum atomic E-state index is 11.8. The molecule has 2 rings (SSSR count). The molecule has 0 aliphatic carbocycles. The highest BCUT2D eigenvalue weighted by Crippen LogP contribution is 2.12. The quantitative estimate of drug-likeness (QED) is 0.929. The normalized spacial score (nSPS) is 9.89. The average molecular weight is 271 g/mol. The Morgan fingerprint density at radius 3 is 3.05 bits per heavy atom. The van der Waals surface area contributed by atoms with Crippen LogP contribution in [0.15, 0.2) is 29.6 Å². The van der Waals surface area contributed by atoms with Crippen molar-refractivity contribution in [3.63, 3.8) is 0 Å². The van der Waals surface area contributed by atoms with Gasteiger partial charge in [-0.1, -0.05) is 6.07 Å². The molecule has 2 aromatic rings. The summed E-state index contributed by atoms with van der Waals surface area (Å²) in [6.45, 7) is 1.95. The standard InChI is InChI=1S/C14H13N3OS/c1-10-16-13(9-19-10)5-6-14(18)17-12-4-2-3-11(7-12)8-15/h2-4,7,9H,5-6H2,1H3,(H,17,18). The van der Waals surface area contributed by atoms with Gasteiger partial charge in [0.1, 0.15) is 0 Å². The monoisotopic (exact) mass is 271 g/mol. The van der Waals surface area contributed by atoms with Crippen molar-refractivity contribution < 1.29 is 4.79 Å². The molecule has 0 atom stereocenters. The van der Waals surface area contributed by atoms with Gasteiger partial charge in [0.25, 0.3) is 0 Å². The summed E-state index contributed by atoms with van der Waals surface area (Å²) in [6, 6.07) is 8.92. The molecule has 1 aromatic heterocycles. The fourth-order valence-electron chi connectivity index (χ4n) is 1.65. The second-order valence-corrected chi connectivity index (χ2v) is 5.16. The van der Waals surface area contributed by atoms with Crippen LogP contribution in [0.3, 0.4) is 0 Å². The zero-order chi connectivity index (χ0) is 13.7. The molecule has 1 amide bonds. The number of aryl methyl sites for hydroxylation is 2. The Hall–Kier alpha value is -2.19. The topological polar surface area (TPSA) is 65.8 Å². The number of nitrogens with one attached hydrogen (secondary N) is 1. The SMILES string of the molecule is Cc1nc(CCC(=O)Nc2cccc(C#N)c2)cs1. The summed E-state index contributed by atoms with van der Waals surface area (Å²) in [4.78, 5) is 16.1. The van der Waals surface area contributed by atoms with E-state index in [1.807, 2.05) is 18.4 Å². The third-order valence-corrected chi connectivity index (χ3v) is 3.37. The number of nitrogens with zero attached hydrogens (tertiary/aromatic N) is 2. The van der Waals surface area contributed by atoms with E-state index in [1.165, 1.54) is 0 Å². The van der Waals surface area contributed by atoms with Gasteiger partial charge >= 0.3 is 0 Å². The minimum Gasteiger partial charge on any atom is -0.326 e. The van der Waals surface area contributed by atoms with Crippen LogP contribution in [0.5, 0.6) is 0 Å². The van der Waals surface area contributed by atoms with E-state index < -0.39 is 0 Å². The lowest BCUT2D eigenvalue weighted by atomic mass is 10.2. The van der Waals surface area contributed by atoms with Gasteiger partial charge in [-0.15, -0.1) is 11.3 Å². The van der Waals surface area contributed by atoms with Crippen LogP contribution in [0.25, 0.3) is 0 Å². The summed E-state index contributed by atoms with van der Waals surface area (Å²) in [6.07, 6.45) is 1.02. The van der Waals surface area contributed by atoms with Crippen molar-refractivity contribution in [2.75, 3.05) is 5.32 Å². The molecular formula is C14H13N3OS. The van der Waals surface area contributed by atoms with E-state index >= 15 is 0 Å². The molecule has 0 bridgehead atoms. The molecule has 0 radical (unpaired) electrons. The maximum absolute atomic E-state index is 11.8. The molecular weight excluding hydrogens is 258 g/mol. The van der Waals surface area contributed by atoms with Crippen LogP contribution in [0.4, 0.5) is 5.69 Å². The first-order valence-electron chi connectivity index (χ1n) is 5.88. The predicted molar refractivity (Wildman–Crippen MR) is 75.0 cm³/mol. The third kappa shape index (κ3) is 3.90. The second kappa shape index (κ2) is 6.12. The van der Waals surface area contributed by atoms with Crippen LogP contribution in [-0.4, -0.2) is 10.9 Å². The summed E-state index contributed by atoms with van der Waals surface area (Å²) in [7, 11) is 0. The van der Waals surface area contributed by atoms with Gasteiger partial charge in [-0.05, 0) is 31.5 Å². The Labute approximate surface area is 115 Å². The van der Waals surface area contributed by atoms with Crippen LogP contribution in [-0.2, 0) is 11.2 Å². The molecule has 1 N–H and O–H groups in total. The van der Waals surface area contributed by atoms with E-state index in [-0.39, 0.29) is 5.91 Å². The number of amides is 1. The summed E-state index contributed by atoms with van der Waals surface area (Å²) in [5.74, 6) is -0.0688. The van der Waals surface area contributed by atoms with Gasteiger partial charge in [-0.3, -0.25) is 4.79 Å². The number of carbonyl (C=O) groups excluding carboxylic acids is 1. The fraction of sp³-hybridized carbons (Fsp3) is 0.214. The van der Waals surface area contributed by atoms with Crippen LogP contribution >= 0.6 is 11.3 Å². The van der Waals surface area contributed by atoms with E-state index in [2.05, 4.69) is 10.3 Å². The lowest BCUT2D eigenvalue weighted by Crippen LogP contribution is -2.12. The fourth-order valence-corrected chi connectivity index (χ4v) is 2.30. The number of benzene rings is 1. The van der Waals surface area contributed by atoms with Crippen LogP contribution in [0.1, 0.15) is 22.7 Å². The van der Waals surface area contributed by atoms with E-state index in [1.54, 1.807) is 35.6 Å². The molecule has 0 fully saturated rings. The highest BCUT2D eigenvalue weighted by atomic mass is 32.1. The molecule has 0 aliphatic rings. The maximum Gasteiger partial charge on any atom is 0.224 e. The van der Waals surface area contributed by atoms with Gasteiger partial charge in [0.2, 0.25) is 5.91 Å². The Morgan fingerprint density at radius 1 is 1.53 bits per heavy atom. The number of aromatic nitrogens is 1. The van der Waals surface area contributed by atoms with Gasteiger partial charge in [0.05, 0.1) is 22.3 Å². The van der Waals surface area contributed by atoms with Crippen LogP contribution in [0, 0.1) is 18.3 Å². The number of hydrogen-bond acceptors (Lipinski definition) is 4. The smallest absolute Gasteiger partial charge is 0.224 e. The summed E-state index contributed by atoms with van der Waals surface area (Å²) < 4.78 is 0. The Morgan fingerprint density at radius 2 is 2.37 bits per heavy atom. The van der Waals surface area contributed by atoms with Gasteiger partial charge in [-0.2, -0.15) is 5.26 Å². The number of hydrogen-bond donors (Lipinski definition) is 1. The molecule has 1 heterocycles. The highest BCUT2D eigenvalue weighted by molar-refractivity contribution is 7.09. The summed E-state index contributed by atoms with van der Waals surface area (Å²) >= 11 is 1.59. The third-order valence-electron chi connectivity index (χ3n) is 2.55. The number of anilines is 1. The van der Waals surface area contributed by atoms with Gasteiger partial charge in [0, 0.05) is 17.5 Å². The molecule has 0 saturated carbocycles. The minimum absolute atomic E-state index is 0.0688. The van der Waals surface area contributed by atoms with E-state index in [0.717, 1.165) is 10.7 Å². The number of rotatable bonds is 4. The first kappa shape index (κ1) is 13.2.